The number of hydrogen-bond acceptors (Lipinski definition) is 8. The van der Waals surface area contributed by atoms with E-state index in [-0.39, 0.29) is 0 Å². The zero-order valence-electron chi connectivity index (χ0n) is 5.39. The molecule has 8 heteroatoms. The summed E-state index contributed by atoms with van der Waals surface area (Å²) in [7, 11) is 0. The van der Waals surface area contributed by atoms with Crippen molar-refractivity contribution in [3.8, 4) is 0 Å². The van der Waals surface area contributed by atoms with Gasteiger partial charge in [0.15, 0.2) is 0 Å². The molecule has 0 amide bonds. The molecule has 0 aromatic heterocycles. The normalized spacial score (nSPS) is 13.6. The molecule has 0 rings (SSSR count). The van der Waals surface area contributed by atoms with Crippen LogP contribution in [-0.2, 0) is 0 Å². The summed E-state index contributed by atoms with van der Waals surface area (Å²) in [5, 5.41) is 51.9. The van der Waals surface area contributed by atoms with E-state index in [4.69, 9.17) is 30.6 Å². The molecule has 0 saturated carbocycles. The minimum absolute atomic E-state index is 0.632. The second kappa shape index (κ2) is 3.38. The number of rotatable bonds is 4. The molecule has 0 heterocycles. The van der Waals surface area contributed by atoms with Crippen LogP contribution in [0.3, 0.4) is 0 Å². The third-order valence-electron chi connectivity index (χ3n) is 0.651. The van der Waals surface area contributed by atoms with Crippen molar-refractivity contribution < 1.29 is 30.6 Å². The molecular weight excluding hydrogens is 160 g/mol. The van der Waals surface area contributed by atoms with Crippen LogP contribution in [0.4, 0.5) is 0 Å². The summed E-state index contributed by atoms with van der Waals surface area (Å²) < 4.78 is 0. The van der Waals surface area contributed by atoms with Gasteiger partial charge in [0.05, 0.1) is 6.67 Å². The molecule has 8 N–H and O–H groups in total. The lowest BCUT2D eigenvalue weighted by molar-refractivity contribution is -0.349. The first-order valence-corrected chi connectivity index (χ1v) is 2.55. The Kier molecular flexibility index (Phi) is 3.29. The lowest BCUT2D eigenvalue weighted by Crippen LogP contribution is -2.55. The molecule has 0 fully saturated rings. The van der Waals surface area contributed by atoms with Crippen molar-refractivity contribution in [3.05, 3.63) is 0 Å². The molecule has 0 radical (unpaired) electrons. The third-order valence-corrected chi connectivity index (χ3v) is 0.651. The maximum Gasteiger partial charge on any atom is 0.344 e. The monoisotopic (exact) mass is 170 g/mol. The van der Waals surface area contributed by atoms with Gasteiger partial charge in [0.25, 0.3) is 0 Å². The lowest BCUT2D eigenvalue weighted by Gasteiger charge is -2.19. The largest absolute Gasteiger partial charge is 0.344 e. The minimum Gasteiger partial charge on any atom is -0.330 e. The third kappa shape index (κ3) is 9.68. The first kappa shape index (κ1) is 10.7. The van der Waals surface area contributed by atoms with Crippen molar-refractivity contribution in [1.29, 1.82) is 0 Å². The molecule has 0 aliphatic rings. The molecule has 0 spiro atoms. The van der Waals surface area contributed by atoms with Crippen molar-refractivity contribution in [3.63, 3.8) is 0 Å². The standard InChI is InChI=1S/C3H10N2O6/c6-2(7,8)4-1-5-3(9,10)11/h4-11H,1H2. The van der Waals surface area contributed by atoms with Crippen molar-refractivity contribution in [2.24, 2.45) is 0 Å². The highest BCUT2D eigenvalue weighted by Crippen LogP contribution is 1.85. The molecule has 0 atom stereocenters. The second-order valence-electron chi connectivity index (χ2n) is 1.80. The van der Waals surface area contributed by atoms with E-state index in [0.29, 0.717) is 0 Å². The predicted molar refractivity (Wildman–Crippen MR) is 29.9 cm³/mol. The van der Waals surface area contributed by atoms with Crippen LogP contribution >= 0.6 is 0 Å². The van der Waals surface area contributed by atoms with E-state index >= 15 is 0 Å². The SMILES string of the molecule is OC(O)(O)NCNC(O)(O)O. The van der Waals surface area contributed by atoms with Gasteiger partial charge in [0, 0.05) is 0 Å². The fourth-order valence-electron chi connectivity index (χ4n) is 0.281. The van der Waals surface area contributed by atoms with Gasteiger partial charge in [-0.1, -0.05) is 0 Å². The number of nitrogens with one attached hydrogen (secondary N) is 2. The van der Waals surface area contributed by atoms with Gasteiger partial charge < -0.3 is 30.6 Å². The van der Waals surface area contributed by atoms with Crippen LogP contribution in [0.2, 0.25) is 0 Å². The highest BCUT2D eigenvalue weighted by Gasteiger charge is 2.21. The molecule has 0 aliphatic carbocycles. The van der Waals surface area contributed by atoms with Gasteiger partial charge in [-0.25, -0.2) is 10.6 Å². The van der Waals surface area contributed by atoms with Gasteiger partial charge >= 0.3 is 12.2 Å². The van der Waals surface area contributed by atoms with Crippen LogP contribution in [0.1, 0.15) is 0 Å². The Morgan fingerprint density at radius 1 is 0.727 bits per heavy atom. The summed E-state index contributed by atoms with van der Waals surface area (Å²) in [5.41, 5.74) is 0. The van der Waals surface area contributed by atoms with Gasteiger partial charge in [-0.2, -0.15) is 0 Å². The average molecular weight is 170 g/mol. The summed E-state index contributed by atoms with van der Waals surface area (Å²) in [5.74, 6) is 0. The van der Waals surface area contributed by atoms with Crippen molar-refractivity contribution in [2.45, 2.75) is 12.2 Å². The first-order valence-electron chi connectivity index (χ1n) is 2.55. The van der Waals surface area contributed by atoms with Crippen molar-refractivity contribution >= 4 is 0 Å². The minimum atomic E-state index is -3.13. The Labute approximate surface area is 61.3 Å². The van der Waals surface area contributed by atoms with Gasteiger partial charge in [-0.05, 0) is 0 Å². The van der Waals surface area contributed by atoms with E-state index in [1.54, 1.807) is 10.6 Å². The van der Waals surface area contributed by atoms with Crippen molar-refractivity contribution in [1.82, 2.24) is 10.6 Å². The summed E-state index contributed by atoms with van der Waals surface area (Å²) in [6.45, 7) is -0.632. The van der Waals surface area contributed by atoms with E-state index in [1.165, 1.54) is 0 Å². The van der Waals surface area contributed by atoms with E-state index < -0.39 is 18.9 Å². The Bertz CT molecular complexity index is 100.0. The average Bonchev–Trinajstić information content (AvgIpc) is 1.55. The molecule has 8 nitrogen and oxygen atoms in total. The highest BCUT2D eigenvalue weighted by molar-refractivity contribution is 4.46. The first-order chi connectivity index (χ1) is 4.71. The maximum absolute atomic E-state index is 8.13. The van der Waals surface area contributed by atoms with E-state index in [1.807, 2.05) is 0 Å². The molecule has 11 heavy (non-hydrogen) atoms. The number of aliphatic hydroxyl groups is 6. The summed E-state index contributed by atoms with van der Waals surface area (Å²) in [6.07, 6.45) is -6.25. The number of hydrogen-bond donors (Lipinski definition) is 8. The van der Waals surface area contributed by atoms with Gasteiger partial charge in [-0.3, -0.25) is 0 Å². The zero-order valence-corrected chi connectivity index (χ0v) is 5.39. The molecule has 0 aliphatic heterocycles. The fourth-order valence-corrected chi connectivity index (χ4v) is 0.281. The van der Waals surface area contributed by atoms with Gasteiger partial charge in [-0.15, -0.1) is 0 Å². The Morgan fingerprint density at radius 3 is 1.18 bits per heavy atom. The van der Waals surface area contributed by atoms with Gasteiger partial charge in [0.2, 0.25) is 0 Å². The quantitative estimate of drug-likeness (QED) is 0.196. The van der Waals surface area contributed by atoms with Crippen LogP contribution in [0.5, 0.6) is 0 Å². The summed E-state index contributed by atoms with van der Waals surface area (Å²) in [4.78, 5) is 0. The van der Waals surface area contributed by atoms with Crippen LogP contribution in [-0.4, -0.2) is 49.5 Å². The van der Waals surface area contributed by atoms with Crippen LogP contribution in [0.25, 0.3) is 0 Å². The van der Waals surface area contributed by atoms with E-state index in [9.17, 15) is 0 Å². The Balaban J connectivity index is 3.44. The molecule has 0 unspecified atom stereocenters. The maximum atomic E-state index is 8.13. The molecule has 0 bridgehead atoms. The van der Waals surface area contributed by atoms with E-state index in [0.717, 1.165) is 0 Å². The van der Waals surface area contributed by atoms with Crippen LogP contribution in [0, 0.1) is 0 Å². The lowest BCUT2D eigenvalue weighted by atomic mass is 10.8. The summed E-state index contributed by atoms with van der Waals surface area (Å²) >= 11 is 0. The van der Waals surface area contributed by atoms with Crippen LogP contribution < -0.4 is 10.6 Å². The van der Waals surface area contributed by atoms with Gasteiger partial charge in [0.1, 0.15) is 0 Å². The van der Waals surface area contributed by atoms with Crippen molar-refractivity contribution in [2.75, 3.05) is 6.67 Å². The molecule has 68 valence electrons. The molecular formula is C3H10N2O6. The summed E-state index contributed by atoms with van der Waals surface area (Å²) in [6, 6.07) is 0. The molecule has 0 aromatic carbocycles. The fraction of sp³-hybridized carbons (Fsp3) is 1.00. The smallest absolute Gasteiger partial charge is 0.330 e. The van der Waals surface area contributed by atoms with E-state index in [2.05, 4.69) is 0 Å². The molecule has 0 saturated heterocycles. The predicted octanol–water partition coefficient (Wildman–Crippen LogP) is -4.70. The molecule has 0 aromatic rings. The highest BCUT2D eigenvalue weighted by atomic mass is 16.7. The van der Waals surface area contributed by atoms with Crippen LogP contribution in [0.15, 0.2) is 0 Å². The Morgan fingerprint density at radius 2 is 1.00 bits per heavy atom. The topological polar surface area (TPSA) is 145 Å². The Hall–Kier alpha value is -0.320. The second-order valence-corrected chi connectivity index (χ2v) is 1.80. The zero-order chi connectivity index (χ0) is 9.12.